The SMILES string of the molecule is CCN(CC)CCN(Cc1cc2ccc(C)c(C)c2[nH]c1=O)C(=S)NCCCN(C)C. The highest BCUT2D eigenvalue weighted by Gasteiger charge is 2.15. The van der Waals surface area contributed by atoms with E-state index in [2.05, 4.69) is 78.9 Å². The number of aryl methyl sites for hydroxylation is 2. The molecule has 0 atom stereocenters. The van der Waals surface area contributed by atoms with Crippen LogP contribution in [0.1, 0.15) is 37.0 Å². The number of nitrogens with one attached hydrogen (secondary N) is 2. The second-order valence-corrected chi connectivity index (χ2v) is 8.82. The molecule has 0 saturated heterocycles. The van der Waals surface area contributed by atoms with Crippen molar-refractivity contribution in [1.29, 1.82) is 0 Å². The van der Waals surface area contributed by atoms with E-state index in [0.29, 0.717) is 11.7 Å². The monoisotopic (exact) mass is 445 g/mol. The first-order chi connectivity index (χ1) is 14.8. The van der Waals surface area contributed by atoms with E-state index in [1.165, 1.54) is 5.56 Å². The van der Waals surface area contributed by atoms with Gasteiger partial charge in [-0.3, -0.25) is 4.79 Å². The Labute approximate surface area is 192 Å². The molecule has 172 valence electrons. The fraction of sp³-hybridized carbons (Fsp3) is 0.583. The normalized spacial score (nSPS) is 11.5. The van der Waals surface area contributed by atoms with Gasteiger partial charge in [-0.2, -0.15) is 0 Å². The van der Waals surface area contributed by atoms with Crippen LogP contribution in [0, 0.1) is 13.8 Å². The van der Waals surface area contributed by atoms with E-state index in [4.69, 9.17) is 12.2 Å². The molecule has 0 amide bonds. The number of rotatable bonds is 11. The number of pyridine rings is 1. The molecule has 0 aliphatic carbocycles. The summed E-state index contributed by atoms with van der Waals surface area (Å²) in [5, 5.41) is 5.17. The van der Waals surface area contributed by atoms with Gasteiger partial charge < -0.3 is 25.0 Å². The van der Waals surface area contributed by atoms with Gasteiger partial charge in [-0.25, -0.2) is 0 Å². The Morgan fingerprint density at radius 1 is 1.10 bits per heavy atom. The van der Waals surface area contributed by atoms with Gasteiger partial charge in [0.1, 0.15) is 0 Å². The Bertz CT molecular complexity index is 920. The van der Waals surface area contributed by atoms with Crippen molar-refractivity contribution in [2.75, 3.05) is 53.4 Å². The van der Waals surface area contributed by atoms with E-state index in [-0.39, 0.29) is 5.56 Å². The largest absolute Gasteiger partial charge is 0.363 e. The number of aromatic amines is 1. The first-order valence-corrected chi connectivity index (χ1v) is 11.7. The van der Waals surface area contributed by atoms with Gasteiger partial charge in [0, 0.05) is 25.2 Å². The van der Waals surface area contributed by atoms with Crippen LogP contribution < -0.4 is 10.9 Å². The smallest absolute Gasteiger partial charge is 0.253 e. The summed E-state index contributed by atoms with van der Waals surface area (Å²) in [7, 11) is 4.15. The number of aromatic nitrogens is 1. The average Bonchev–Trinajstić information content (AvgIpc) is 2.74. The molecule has 0 radical (unpaired) electrons. The highest BCUT2D eigenvalue weighted by molar-refractivity contribution is 7.80. The molecular weight excluding hydrogens is 406 g/mol. The van der Waals surface area contributed by atoms with E-state index in [9.17, 15) is 4.79 Å². The summed E-state index contributed by atoms with van der Waals surface area (Å²) in [6.45, 7) is 14.5. The molecule has 7 heteroatoms. The van der Waals surface area contributed by atoms with Crippen LogP contribution >= 0.6 is 12.2 Å². The minimum absolute atomic E-state index is 0.0375. The van der Waals surface area contributed by atoms with Crippen molar-refractivity contribution >= 4 is 28.2 Å². The van der Waals surface area contributed by atoms with Crippen LogP contribution in [0.3, 0.4) is 0 Å². The number of H-pyrrole nitrogens is 1. The van der Waals surface area contributed by atoms with Gasteiger partial charge in [-0.1, -0.05) is 26.0 Å². The quantitative estimate of drug-likeness (QED) is 0.409. The lowest BCUT2D eigenvalue weighted by atomic mass is 10.0. The van der Waals surface area contributed by atoms with Gasteiger partial charge in [-0.05, 0) is 88.8 Å². The van der Waals surface area contributed by atoms with Gasteiger partial charge in [0.2, 0.25) is 0 Å². The lowest BCUT2D eigenvalue weighted by Crippen LogP contribution is -2.44. The van der Waals surface area contributed by atoms with Gasteiger partial charge in [-0.15, -0.1) is 0 Å². The third-order valence-electron chi connectivity index (χ3n) is 5.92. The number of hydrogen-bond acceptors (Lipinski definition) is 4. The molecule has 1 aromatic heterocycles. The van der Waals surface area contributed by atoms with Crippen LogP contribution in [0.2, 0.25) is 0 Å². The number of hydrogen-bond donors (Lipinski definition) is 2. The fourth-order valence-electron chi connectivity index (χ4n) is 3.65. The molecule has 6 nitrogen and oxygen atoms in total. The van der Waals surface area contributed by atoms with Crippen LogP contribution in [0.25, 0.3) is 10.9 Å². The van der Waals surface area contributed by atoms with E-state index in [1.54, 1.807) is 0 Å². The Kier molecular flexibility index (Phi) is 9.93. The Morgan fingerprint density at radius 2 is 1.81 bits per heavy atom. The molecule has 31 heavy (non-hydrogen) atoms. The van der Waals surface area contributed by atoms with Crippen molar-refractivity contribution in [3.8, 4) is 0 Å². The standard InChI is InChI=1S/C24H39N5OS/c1-7-28(8-2)14-15-29(24(31)25-12-9-13-27(5)6)17-21-16-20-11-10-18(3)19(4)22(20)26-23(21)30/h10-11,16H,7-9,12-15,17H2,1-6H3,(H,25,31)(H,26,30). The number of nitrogens with zero attached hydrogens (tertiary/aromatic N) is 3. The number of fused-ring (bicyclic) bond motifs is 1. The van der Waals surface area contributed by atoms with E-state index in [1.807, 2.05) is 6.07 Å². The number of thiocarbonyl (C=S) groups is 1. The highest BCUT2D eigenvalue weighted by atomic mass is 32.1. The van der Waals surface area contributed by atoms with Crippen molar-refractivity contribution in [3.63, 3.8) is 0 Å². The Morgan fingerprint density at radius 3 is 2.45 bits per heavy atom. The second kappa shape index (κ2) is 12.2. The van der Waals surface area contributed by atoms with Crippen molar-refractivity contribution in [3.05, 3.63) is 45.2 Å². The van der Waals surface area contributed by atoms with E-state index >= 15 is 0 Å². The molecule has 0 bridgehead atoms. The summed E-state index contributed by atoms with van der Waals surface area (Å²) in [4.78, 5) is 22.6. The van der Waals surface area contributed by atoms with Crippen LogP contribution in [0.15, 0.2) is 23.0 Å². The first-order valence-electron chi connectivity index (χ1n) is 11.3. The molecule has 0 aliphatic rings. The van der Waals surface area contributed by atoms with Crippen molar-refractivity contribution < 1.29 is 0 Å². The van der Waals surface area contributed by atoms with Gasteiger partial charge in [0.15, 0.2) is 5.11 Å². The molecule has 0 saturated carbocycles. The average molecular weight is 446 g/mol. The third-order valence-corrected chi connectivity index (χ3v) is 6.32. The molecule has 1 heterocycles. The second-order valence-electron chi connectivity index (χ2n) is 8.43. The zero-order chi connectivity index (χ0) is 23.0. The molecule has 2 aromatic rings. The Hall–Kier alpha value is -1.96. The summed E-state index contributed by atoms with van der Waals surface area (Å²) < 4.78 is 0. The first kappa shape index (κ1) is 25.3. The fourth-order valence-corrected chi connectivity index (χ4v) is 3.91. The van der Waals surface area contributed by atoms with Crippen molar-refractivity contribution in [2.45, 2.75) is 40.7 Å². The predicted octanol–water partition coefficient (Wildman–Crippen LogP) is 3.11. The van der Waals surface area contributed by atoms with Crippen LogP contribution in [-0.2, 0) is 6.54 Å². The van der Waals surface area contributed by atoms with Crippen molar-refractivity contribution in [1.82, 2.24) is 25.0 Å². The van der Waals surface area contributed by atoms with Crippen LogP contribution in [0.4, 0.5) is 0 Å². The zero-order valence-electron chi connectivity index (χ0n) is 20.0. The molecule has 1 aromatic carbocycles. The number of benzene rings is 1. The molecule has 0 fully saturated rings. The van der Waals surface area contributed by atoms with Crippen LogP contribution in [0.5, 0.6) is 0 Å². The lowest BCUT2D eigenvalue weighted by Gasteiger charge is -2.29. The summed E-state index contributed by atoms with van der Waals surface area (Å²) in [6, 6.07) is 6.20. The summed E-state index contributed by atoms with van der Waals surface area (Å²) in [6.07, 6.45) is 1.02. The maximum atomic E-state index is 12.9. The summed E-state index contributed by atoms with van der Waals surface area (Å²) in [5.74, 6) is 0. The highest BCUT2D eigenvalue weighted by Crippen LogP contribution is 2.19. The topological polar surface area (TPSA) is 54.6 Å². The summed E-state index contributed by atoms with van der Waals surface area (Å²) >= 11 is 5.73. The zero-order valence-corrected chi connectivity index (χ0v) is 20.9. The van der Waals surface area contributed by atoms with Gasteiger partial charge in [0.05, 0.1) is 12.1 Å². The molecule has 2 N–H and O–H groups in total. The molecule has 0 aliphatic heterocycles. The van der Waals surface area contributed by atoms with Gasteiger partial charge >= 0.3 is 0 Å². The van der Waals surface area contributed by atoms with E-state index in [0.717, 1.165) is 67.7 Å². The van der Waals surface area contributed by atoms with E-state index < -0.39 is 0 Å². The van der Waals surface area contributed by atoms with Gasteiger partial charge in [0.25, 0.3) is 5.56 Å². The lowest BCUT2D eigenvalue weighted by molar-refractivity contribution is 0.263. The number of likely N-dealkylation sites (N-methyl/N-ethyl adjacent to an activating group) is 1. The molecule has 0 unspecified atom stereocenters. The molecule has 2 rings (SSSR count). The summed E-state index contributed by atoms with van der Waals surface area (Å²) in [5.41, 5.74) is 3.93. The minimum atomic E-state index is -0.0375. The molecule has 0 spiro atoms. The Balaban J connectivity index is 2.20. The maximum Gasteiger partial charge on any atom is 0.253 e. The predicted molar refractivity (Wildman–Crippen MR) is 136 cm³/mol. The minimum Gasteiger partial charge on any atom is -0.363 e. The van der Waals surface area contributed by atoms with Crippen LogP contribution in [-0.4, -0.2) is 78.2 Å². The molecular formula is C24H39N5OS. The maximum absolute atomic E-state index is 12.9. The van der Waals surface area contributed by atoms with Crippen molar-refractivity contribution in [2.24, 2.45) is 0 Å². The third kappa shape index (κ3) is 7.30.